The lowest BCUT2D eigenvalue weighted by Gasteiger charge is -1.95. The maximum Gasteiger partial charge on any atom is 0.126 e. The van der Waals surface area contributed by atoms with Crippen LogP contribution in [0.4, 0.5) is 5.69 Å². The largest absolute Gasteiger partial charge is 0.156 e. The summed E-state index contributed by atoms with van der Waals surface area (Å²) in [5, 5.41) is 8.34. The van der Waals surface area contributed by atoms with E-state index in [0.29, 0.717) is 15.7 Å². The third-order valence-corrected chi connectivity index (χ3v) is 1.96. The maximum atomic E-state index is 5.82. The maximum absolute atomic E-state index is 5.82. The fraction of sp³-hybridized carbons (Fsp3) is 0. The molecular weight excluding hydrogens is 266 g/mol. The van der Waals surface area contributed by atoms with Gasteiger partial charge >= 0.3 is 0 Å². The highest BCUT2D eigenvalue weighted by molar-refractivity contribution is 6.55. The predicted octanol–water partition coefficient (Wildman–Crippen LogP) is 5.35. The summed E-state index contributed by atoms with van der Waals surface area (Å²) >= 11 is 22.2. The summed E-state index contributed by atoms with van der Waals surface area (Å²) in [6.07, 6.45) is 1.20. The summed E-state index contributed by atoms with van der Waals surface area (Å²) < 4.78 is 0.0267. The van der Waals surface area contributed by atoms with E-state index >= 15 is 0 Å². The highest BCUT2D eigenvalue weighted by Gasteiger charge is 1.98. The van der Waals surface area contributed by atoms with Gasteiger partial charge in [0.05, 0.1) is 11.2 Å². The van der Waals surface area contributed by atoms with Gasteiger partial charge in [0.1, 0.15) is 10.2 Å². The van der Waals surface area contributed by atoms with Crippen LogP contribution in [0.2, 0.25) is 10.0 Å². The minimum absolute atomic E-state index is 0.0267. The molecule has 1 aromatic rings. The van der Waals surface area contributed by atoms with Crippen LogP contribution in [0.3, 0.4) is 0 Å². The zero-order chi connectivity index (χ0) is 10.6. The van der Waals surface area contributed by atoms with Crippen molar-refractivity contribution in [1.82, 2.24) is 0 Å². The molecule has 1 aromatic carbocycles. The second kappa shape index (κ2) is 5.56. The molecule has 0 atom stereocenters. The van der Waals surface area contributed by atoms with Crippen LogP contribution in [0.15, 0.2) is 39.1 Å². The molecule has 0 amide bonds. The third kappa shape index (κ3) is 3.84. The van der Waals surface area contributed by atoms with Crippen LogP contribution in [-0.2, 0) is 0 Å². The quantitative estimate of drug-likeness (QED) is 0.647. The van der Waals surface area contributed by atoms with Crippen molar-refractivity contribution in [3.63, 3.8) is 0 Å². The first-order chi connectivity index (χ1) is 6.59. The summed E-state index contributed by atoms with van der Waals surface area (Å²) in [7, 11) is 0. The molecule has 0 aliphatic heterocycles. The van der Waals surface area contributed by atoms with Gasteiger partial charge in [-0.05, 0) is 18.2 Å². The monoisotopic (exact) mass is 268 g/mol. The van der Waals surface area contributed by atoms with Gasteiger partial charge in [0.2, 0.25) is 0 Å². The SMILES string of the molecule is ClC(Cl)=CN=Nc1ccc(Cl)cc1Cl. The topological polar surface area (TPSA) is 24.7 Å². The number of benzene rings is 1. The van der Waals surface area contributed by atoms with Crippen molar-refractivity contribution in [3.8, 4) is 0 Å². The van der Waals surface area contributed by atoms with Crippen molar-refractivity contribution in [2.24, 2.45) is 10.2 Å². The molecule has 0 heterocycles. The van der Waals surface area contributed by atoms with Gasteiger partial charge in [-0.3, -0.25) is 0 Å². The zero-order valence-electron chi connectivity index (χ0n) is 6.72. The summed E-state index contributed by atoms with van der Waals surface area (Å²) in [6, 6.07) is 4.88. The molecular formula is C8H4Cl4N2. The van der Waals surface area contributed by atoms with E-state index < -0.39 is 0 Å². The number of nitrogens with zero attached hydrogens (tertiary/aromatic N) is 2. The molecule has 0 radical (unpaired) electrons. The number of azo groups is 1. The summed E-state index contributed by atoms with van der Waals surface area (Å²) in [6.45, 7) is 0. The summed E-state index contributed by atoms with van der Waals surface area (Å²) in [4.78, 5) is 0. The fourth-order valence-corrected chi connectivity index (χ4v) is 1.23. The zero-order valence-corrected chi connectivity index (χ0v) is 9.74. The molecule has 0 saturated heterocycles. The Morgan fingerprint density at radius 2 is 1.93 bits per heavy atom. The normalized spacial score (nSPS) is 10.6. The molecule has 0 aliphatic carbocycles. The fourth-order valence-electron chi connectivity index (χ4n) is 0.697. The number of hydrogen-bond acceptors (Lipinski definition) is 2. The molecule has 6 heteroatoms. The van der Waals surface area contributed by atoms with Crippen molar-refractivity contribution in [2.75, 3.05) is 0 Å². The number of rotatable bonds is 2. The van der Waals surface area contributed by atoms with Crippen molar-refractivity contribution in [3.05, 3.63) is 38.9 Å². The molecule has 14 heavy (non-hydrogen) atoms. The second-order valence-corrected chi connectivity index (χ2v) is 4.08. The van der Waals surface area contributed by atoms with Gasteiger partial charge in [0, 0.05) is 5.02 Å². The molecule has 0 N–H and O–H groups in total. The molecule has 0 aromatic heterocycles. The predicted molar refractivity (Wildman–Crippen MR) is 60.8 cm³/mol. The Hall–Kier alpha value is -0.280. The molecule has 74 valence electrons. The van der Waals surface area contributed by atoms with Gasteiger partial charge in [-0.25, -0.2) is 0 Å². The smallest absolute Gasteiger partial charge is 0.126 e. The van der Waals surface area contributed by atoms with Crippen LogP contribution in [0.1, 0.15) is 0 Å². The summed E-state index contributed by atoms with van der Waals surface area (Å²) in [5.41, 5.74) is 0.502. The first kappa shape index (κ1) is 11.8. The van der Waals surface area contributed by atoms with Crippen LogP contribution in [0.25, 0.3) is 0 Å². The first-order valence-electron chi connectivity index (χ1n) is 3.46. The molecule has 0 saturated carbocycles. The van der Waals surface area contributed by atoms with E-state index in [1.54, 1.807) is 18.2 Å². The van der Waals surface area contributed by atoms with Crippen LogP contribution in [0, 0.1) is 0 Å². The number of hydrogen-bond donors (Lipinski definition) is 0. The highest BCUT2D eigenvalue weighted by Crippen LogP contribution is 2.28. The average Bonchev–Trinajstić information content (AvgIpc) is 2.08. The van der Waals surface area contributed by atoms with E-state index in [0.717, 1.165) is 0 Å². The highest BCUT2D eigenvalue weighted by atomic mass is 35.5. The van der Waals surface area contributed by atoms with Crippen LogP contribution in [-0.4, -0.2) is 0 Å². The third-order valence-electron chi connectivity index (χ3n) is 1.23. The van der Waals surface area contributed by atoms with Crippen LogP contribution >= 0.6 is 46.4 Å². The van der Waals surface area contributed by atoms with Crippen molar-refractivity contribution >= 4 is 52.1 Å². The van der Waals surface area contributed by atoms with Gasteiger partial charge in [0.25, 0.3) is 0 Å². The van der Waals surface area contributed by atoms with E-state index in [1.807, 2.05) is 0 Å². The van der Waals surface area contributed by atoms with E-state index in [4.69, 9.17) is 46.4 Å². The van der Waals surface area contributed by atoms with Gasteiger partial charge < -0.3 is 0 Å². The van der Waals surface area contributed by atoms with Crippen molar-refractivity contribution in [1.29, 1.82) is 0 Å². The lowest BCUT2D eigenvalue weighted by molar-refractivity contribution is 1.23. The van der Waals surface area contributed by atoms with E-state index in [-0.39, 0.29) is 4.49 Å². The Morgan fingerprint density at radius 1 is 1.21 bits per heavy atom. The second-order valence-electron chi connectivity index (χ2n) is 2.23. The minimum atomic E-state index is 0.0267. The molecule has 2 nitrogen and oxygen atoms in total. The molecule has 0 aliphatic rings. The Bertz CT molecular complexity index is 383. The van der Waals surface area contributed by atoms with Crippen molar-refractivity contribution in [2.45, 2.75) is 0 Å². The van der Waals surface area contributed by atoms with Gasteiger partial charge in [-0.15, -0.1) is 5.11 Å². The number of halogens is 4. The Balaban J connectivity index is 2.87. The van der Waals surface area contributed by atoms with E-state index in [2.05, 4.69) is 10.2 Å². The van der Waals surface area contributed by atoms with E-state index in [1.165, 1.54) is 6.20 Å². The van der Waals surface area contributed by atoms with Crippen LogP contribution < -0.4 is 0 Å². The molecule has 0 spiro atoms. The average molecular weight is 270 g/mol. The standard InChI is InChI=1S/C8H4Cl4N2/c9-5-1-2-7(6(10)3-5)14-13-4-8(11)12/h1-4H. The van der Waals surface area contributed by atoms with Crippen LogP contribution in [0.5, 0.6) is 0 Å². The van der Waals surface area contributed by atoms with Gasteiger partial charge in [0.15, 0.2) is 0 Å². The van der Waals surface area contributed by atoms with E-state index in [9.17, 15) is 0 Å². The molecule has 0 unspecified atom stereocenters. The summed E-state index contributed by atoms with van der Waals surface area (Å²) in [5.74, 6) is 0. The molecule has 0 bridgehead atoms. The van der Waals surface area contributed by atoms with Gasteiger partial charge in [-0.2, -0.15) is 5.11 Å². The molecule has 1 rings (SSSR count). The van der Waals surface area contributed by atoms with Crippen molar-refractivity contribution < 1.29 is 0 Å². The molecule has 0 fully saturated rings. The minimum Gasteiger partial charge on any atom is -0.156 e. The Kier molecular flexibility index (Phi) is 4.69. The first-order valence-corrected chi connectivity index (χ1v) is 4.98. The lowest BCUT2D eigenvalue weighted by atomic mass is 10.3. The Morgan fingerprint density at radius 3 is 2.50 bits per heavy atom. The Labute approximate surface area is 101 Å². The lowest BCUT2D eigenvalue weighted by Crippen LogP contribution is -1.67. The van der Waals surface area contributed by atoms with Gasteiger partial charge in [-0.1, -0.05) is 46.4 Å².